The lowest BCUT2D eigenvalue weighted by molar-refractivity contribution is -0.123. The van der Waals surface area contributed by atoms with Crippen molar-refractivity contribution >= 4 is 23.6 Å². The van der Waals surface area contributed by atoms with Crippen molar-refractivity contribution < 1.29 is 19.1 Å². The SMILES string of the molecule is CC(C)CCNC(=O)NC(=O)COC(=O)c1cccc(N(C)C)c1. The molecule has 0 bridgehead atoms. The van der Waals surface area contributed by atoms with Crippen LogP contribution in [0, 0.1) is 5.92 Å². The van der Waals surface area contributed by atoms with Crippen LogP contribution in [0.25, 0.3) is 0 Å². The second-order valence-electron chi connectivity index (χ2n) is 6.01. The molecule has 0 heterocycles. The molecule has 0 aromatic heterocycles. The zero-order chi connectivity index (χ0) is 18.1. The largest absolute Gasteiger partial charge is 0.452 e. The first-order valence-corrected chi connectivity index (χ1v) is 7.81. The zero-order valence-electron chi connectivity index (χ0n) is 14.6. The van der Waals surface area contributed by atoms with Gasteiger partial charge >= 0.3 is 12.0 Å². The van der Waals surface area contributed by atoms with Gasteiger partial charge in [-0.2, -0.15) is 0 Å². The van der Waals surface area contributed by atoms with Crippen LogP contribution in [-0.4, -0.2) is 45.2 Å². The lowest BCUT2D eigenvalue weighted by Gasteiger charge is -2.13. The summed E-state index contributed by atoms with van der Waals surface area (Å²) in [5.41, 5.74) is 1.19. The molecule has 0 aliphatic carbocycles. The van der Waals surface area contributed by atoms with E-state index < -0.39 is 24.5 Å². The molecule has 1 aromatic carbocycles. The standard InChI is InChI=1S/C17H25N3O4/c1-12(2)8-9-18-17(23)19-15(21)11-24-16(22)13-6-5-7-14(10-13)20(3)4/h5-7,10,12H,8-9,11H2,1-4H3,(H2,18,19,21,23). The summed E-state index contributed by atoms with van der Waals surface area (Å²) in [5.74, 6) is -0.830. The molecule has 0 fully saturated rings. The molecular weight excluding hydrogens is 310 g/mol. The van der Waals surface area contributed by atoms with Crippen molar-refractivity contribution in [3.63, 3.8) is 0 Å². The van der Waals surface area contributed by atoms with Crippen LogP contribution in [0.2, 0.25) is 0 Å². The molecule has 7 heteroatoms. The minimum absolute atomic E-state index is 0.343. The van der Waals surface area contributed by atoms with Crippen molar-refractivity contribution in [2.24, 2.45) is 5.92 Å². The highest BCUT2D eigenvalue weighted by Gasteiger charge is 2.13. The van der Waals surface area contributed by atoms with E-state index in [9.17, 15) is 14.4 Å². The third kappa shape index (κ3) is 7.13. The summed E-state index contributed by atoms with van der Waals surface area (Å²) in [6, 6.07) is 6.26. The number of hydrogen-bond donors (Lipinski definition) is 2. The number of benzene rings is 1. The molecule has 2 N–H and O–H groups in total. The minimum atomic E-state index is -0.672. The third-order valence-electron chi connectivity index (χ3n) is 3.19. The van der Waals surface area contributed by atoms with Gasteiger partial charge in [-0.25, -0.2) is 9.59 Å². The van der Waals surface area contributed by atoms with E-state index in [0.29, 0.717) is 18.0 Å². The summed E-state index contributed by atoms with van der Waals surface area (Å²) >= 11 is 0. The first kappa shape index (κ1) is 19.5. The van der Waals surface area contributed by atoms with E-state index in [1.165, 1.54) is 0 Å². The van der Waals surface area contributed by atoms with Gasteiger partial charge in [-0.15, -0.1) is 0 Å². The number of imide groups is 1. The maximum atomic E-state index is 11.9. The van der Waals surface area contributed by atoms with Crippen LogP contribution >= 0.6 is 0 Å². The van der Waals surface area contributed by atoms with Crippen molar-refractivity contribution in [1.82, 2.24) is 10.6 Å². The Labute approximate surface area is 142 Å². The Hall–Kier alpha value is -2.57. The monoisotopic (exact) mass is 335 g/mol. The van der Waals surface area contributed by atoms with Gasteiger partial charge in [0.15, 0.2) is 6.61 Å². The van der Waals surface area contributed by atoms with Gasteiger partial charge in [0.05, 0.1) is 5.56 Å². The normalized spacial score (nSPS) is 10.2. The molecule has 0 spiro atoms. The molecule has 7 nitrogen and oxygen atoms in total. The Morgan fingerprint density at radius 1 is 1.21 bits per heavy atom. The molecule has 0 saturated heterocycles. The highest BCUT2D eigenvalue weighted by Crippen LogP contribution is 2.14. The lowest BCUT2D eigenvalue weighted by Crippen LogP contribution is -2.41. The number of anilines is 1. The average molecular weight is 335 g/mol. The highest BCUT2D eigenvalue weighted by atomic mass is 16.5. The van der Waals surface area contributed by atoms with E-state index in [-0.39, 0.29) is 0 Å². The van der Waals surface area contributed by atoms with E-state index in [1.54, 1.807) is 18.2 Å². The van der Waals surface area contributed by atoms with Gasteiger partial charge in [-0.1, -0.05) is 19.9 Å². The van der Waals surface area contributed by atoms with Gasteiger partial charge < -0.3 is 15.0 Å². The second kappa shape index (κ2) is 9.54. The fourth-order valence-electron chi connectivity index (χ4n) is 1.81. The lowest BCUT2D eigenvalue weighted by atomic mass is 10.1. The molecule has 3 amide bonds. The van der Waals surface area contributed by atoms with Crippen molar-refractivity contribution in [2.75, 3.05) is 32.1 Å². The number of hydrogen-bond acceptors (Lipinski definition) is 5. The van der Waals surface area contributed by atoms with Gasteiger partial charge in [-0.05, 0) is 30.5 Å². The summed E-state index contributed by atoms with van der Waals surface area (Å²) in [6.07, 6.45) is 0.818. The smallest absolute Gasteiger partial charge is 0.338 e. The Morgan fingerprint density at radius 2 is 1.92 bits per heavy atom. The van der Waals surface area contributed by atoms with Crippen LogP contribution in [0.5, 0.6) is 0 Å². The van der Waals surface area contributed by atoms with Crippen LogP contribution in [0.15, 0.2) is 24.3 Å². The quantitative estimate of drug-likeness (QED) is 0.742. The fourth-order valence-corrected chi connectivity index (χ4v) is 1.81. The van der Waals surface area contributed by atoms with E-state index in [4.69, 9.17) is 4.74 Å². The predicted molar refractivity (Wildman–Crippen MR) is 92.0 cm³/mol. The molecule has 0 radical (unpaired) electrons. The van der Waals surface area contributed by atoms with Crippen LogP contribution < -0.4 is 15.5 Å². The van der Waals surface area contributed by atoms with E-state index in [0.717, 1.165) is 12.1 Å². The zero-order valence-corrected chi connectivity index (χ0v) is 14.6. The van der Waals surface area contributed by atoms with Crippen molar-refractivity contribution in [3.8, 4) is 0 Å². The Morgan fingerprint density at radius 3 is 2.54 bits per heavy atom. The molecule has 0 aliphatic heterocycles. The summed E-state index contributed by atoms with van der Waals surface area (Å²) in [6.45, 7) is 4.04. The number of carbonyl (C=O) groups is 3. The number of esters is 1. The number of ether oxygens (including phenoxy) is 1. The Kier molecular flexibility index (Phi) is 7.74. The van der Waals surface area contributed by atoms with Crippen molar-refractivity contribution in [1.29, 1.82) is 0 Å². The van der Waals surface area contributed by atoms with E-state index >= 15 is 0 Å². The summed E-state index contributed by atoms with van der Waals surface area (Å²) < 4.78 is 4.92. The number of carbonyl (C=O) groups excluding carboxylic acids is 3. The van der Waals surface area contributed by atoms with Crippen LogP contribution in [0.4, 0.5) is 10.5 Å². The van der Waals surface area contributed by atoms with Gasteiger partial charge in [0.1, 0.15) is 0 Å². The van der Waals surface area contributed by atoms with E-state index in [1.807, 2.05) is 38.9 Å². The molecule has 132 valence electrons. The first-order valence-electron chi connectivity index (χ1n) is 7.81. The highest BCUT2D eigenvalue weighted by molar-refractivity contribution is 5.97. The number of rotatable bonds is 7. The van der Waals surface area contributed by atoms with Crippen LogP contribution in [-0.2, 0) is 9.53 Å². The van der Waals surface area contributed by atoms with Crippen molar-refractivity contribution in [2.45, 2.75) is 20.3 Å². The summed E-state index contributed by atoms with van der Waals surface area (Å²) in [7, 11) is 3.71. The minimum Gasteiger partial charge on any atom is -0.452 e. The molecule has 0 atom stereocenters. The average Bonchev–Trinajstić information content (AvgIpc) is 2.52. The Balaban J connectivity index is 2.39. The molecule has 0 unspecified atom stereocenters. The van der Waals surface area contributed by atoms with Gasteiger partial charge in [-0.3, -0.25) is 10.1 Å². The van der Waals surface area contributed by atoms with Gasteiger partial charge in [0.2, 0.25) is 0 Å². The maximum absolute atomic E-state index is 11.9. The fraction of sp³-hybridized carbons (Fsp3) is 0.471. The molecule has 0 aliphatic rings. The third-order valence-corrected chi connectivity index (χ3v) is 3.19. The Bertz CT molecular complexity index is 585. The first-order chi connectivity index (χ1) is 11.3. The van der Waals surface area contributed by atoms with Crippen LogP contribution in [0.3, 0.4) is 0 Å². The van der Waals surface area contributed by atoms with Crippen molar-refractivity contribution in [3.05, 3.63) is 29.8 Å². The molecule has 24 heavy (non-hydrogen) atoms. The summed E-state index contributed by atoms with van der Waals surface area (Å²) in [4.78, 5) is 36.9. The summed E-state index contributed by atoms with van der Waals surface area (Å²) in [5, 5.41) is 4.68. The maximum Gasteiger partial charge on any atom is 0.338 e. The number of urea groups is 1. The second-order valence-corrected chi connectivity index (χ2v) is 6.01. The number of nitrogens with one attached hydrogen (secondary N) is 2. The molecule has 1 aromatic rings. The number of amides is 3. The number of nitrogens with zero attached hydrogens (tertiary/aromatic N) is 1. The predicted octanol–water partition coefficient (Wildman–Crippen LogP) is 1.78. The molecule has 1 rings (SSSR count). The van der Waals surface area contributed by atoms with E-state index in [2.05, 4.69) is 10.6 Å². The van der Waals surface area contributed by atoms with Gasteiger partial charge in [0.25, 0.3) is 5.91 Å². The topological polar surface area (TPSA) is 87.7 Å². The molecular formula is C17H25N3O4. The van der Waals surface area contributed by atoms with Gasteiger partial charge in [0, 0.05) is 26.3 Å². The molecule has 0 saturated carbocycles. The van der Waals surface area contributed by atoms with Crippen LogP contribution in [0.1, 0.15) is 30.6 Å².